The first kappa shape index (κ1) is 18.8. The minimum absolute atomic E-state index is 0.0533. The van der Waals surface area contributed by atoms with E-state index in [1.807, 2.05) is 4.90 Å². The summed E-state index contributed by atoms with van der Waals surface area (Å²) in [5, 5.41) is 0. The minimum atomic E-state index is -0.784. The van der Waals surface area contributed by atoms with Crippen LogP contribution in [0.5, 0.6) is 0 Å². The zero-order valence-corrected chi connectivity index (χ0v) is 16.6. The second kappa shape index (κ2) is 6.83. The van der Waals surface area contributed by atoms with E-state index in [1.165, 1.54) is 0 Å². The second-order valence-electron chi connectivity index (χ2n) is 8.41. The Morgan fingerprint density at radius 1 is 1.29 bits per heavy atom. The van der Waals surface area contributed by atoms with Gasteiger partial charge in [-0.05, 0) is 26.7 Å². The van der Waals surface area contributed by atoms with Gasteiger partial charge in [0.2, 0.25) is 11.8 Å². The first-order valence-electron chi connectivity index (χ1n) is 9.89. The second-order valence-corrected chi connectivity index (χ2v) is 8.41. The van der Waals surface area contributed by atoms with Crippen molar-refractivity contribution in [2.24, 2.45) is 5.92 Å². The molecular weight excluding hydrogens is 360 g/mol. The molecule has 3 aliphatic rings. The van der Waals surface area contributed by atoms with Gasteiger partial charge in [-0.1, -0.05) is 0 Å². The van der Waals surface area contributed by atoms with Gasteiger partial charge in [0.15, 0.2) is 5.82 Å². The Morgan fingerprint density at radius 2 is 2.07 bits per heavy atom. The maximum Gasteiger partial charge on any atom is 0.307 e. The number of nitrogens with zero attached hydrogens (tertiary/aromatic N) is 4. The van der Waals surface area contributed by atoms with Crippen LogP contribution >= 0.6 is 0 Å². The summed E-state index contributed by atoms with van der Waals surface area (Å²) in [4.78, 5) is 49.4. The molecule has 3 aliphatic heterocycles. The standard InChI is InChI=1S/C20H26N4O4/c1-12(25)23-8-6-15-13(11-23)10-21-18(22-15)16-5-4-7-24(16)19(27)14-9-17(26)28-20(14,2)3/h10,14,16H,4-9,11H2,1-3H3/t14-,16+/m1/s1. The van der Waals surface area contributed by atoms with Crippen LogP contribution in [0.3, 0.4) is 0 Å². The normalized spacial score (nSPS) is 26.2. The van der Waals surface area contributed by atoms with E-state index in [9.17, 15) is 14.4 Å². The number of ether oxygens (including phenoxy) is 1. The number of hydrogen-bond acceptors (Lipinski definition) is 6. The average Bonchev–Trinajstić information content (AvgIpc) is 3.23. The summed E-state index contributed by atoms with van der Waals surface area (Å²) < 4.78 is 5.34. The van der Waals surface area contributed by atoms with E-state index in [0.717, 1.165) is 24.1 Å². The summed E-state index contributed by atoms with van der Waals surface area (Å²) in [6.45, 7) is 6.99. The van der Waals surface area contributed by atoms with Gasteiger partial charge >= 0.3 is 5.97 Å². The molecule has 2 fully saturated rings. The average molecular weight is 386 g/mol. The highest BCUT2D eigenvalue weighted by molar-refractivity contribution is 5.88. The Labute approximate surface area is 164 Å². The Hall–Kier alpha value is -2.51. The third-order valence-corrected chi connectivity index (χ3v) is 6.12. The van der Waals surface area contributed by atoms with Gasteiger partial charge < -0.3 is 14.5 Å². The molecule has 0 aliphatic carbocycles. The number of fused-ring (bicyclic) bond motifs is 1. The zero-order valence-electron chi connectivity index (χ0n) is 16.6. The topological polar surface area (TPSA) is 92.7 Å². The fourth-order valence-corrected chi connectivity index (χ4v) is 4.46. The van der Waals surface area contributed by atoms with Gasteiger partial charge in [0.05, 0.1) is 24.1 Å². The molecule has 1 aromatic rings. The lowest BCUT2D eigenvalue weighted by molar-refractivity contribution is -0.149. The van der Waals surface area contributed by atoms with Crippen molar-refractivity contribution in [3.05, 3.63) is 23.3 Å². The Morgan fingerprint density at radius 3 is 2.75 bits per heavy atom. The third-order valence-electron chi connectivity index (χ3n) is 6.12. The molecule has 28 heavy (non-hydrogen) atoms. The van der Waals surface area contributed by atoms with Crippen molar-refractivity contribution in [1.29, 1.82) is 0 Å². The van der Waals surface area contributed by atoms with Gasteiger partial charge in [-0.2, -0.15) is 0 Å². The smallest absolute Gasteiger partial charge is 0.307 e. The summed E-state index contributed by atoms with van der Waals surface area (Å²) in [5.74, 6) is -0.133. The Balaban J connectivity index is 1.55. The number of rotatable bonds is 2. The van der Waals surface area contributed by atoms with Crippen LogP contribution in [-0.2, 0) is 32.1 Å². The molecular formula is C20H26N4O4. The lowest BCUT2D eigenvalue weighted by Gasteiger charge is -2.31. The molecule has 150 valence electrons. The fourth-order valence-electron chi connectivity index (χ4n) is 4.46. The van der Waals surface area contributed by atoms with E-state index in [2.05, 4.69) is 4.98 Å². The van der Waals surface area contributed by atoms with Crippen LogP contribution in [0.1, 0.15) is 63.2 Å². The van der Waals surface area contributed by atoms with Crippen LogP contribution in [0.4, 0.5) is 0 Å². The number of likely N-dealkylation sites (tertiary alicyclic amines) is 1. The van der Waals surface area contributed by atoms with Crippen molar-refractivity contribution >= 4 is 17.8 Å². The highest BCUT2D eigenvalue weighted by Gasteiger charge is 2.49. The van der Waals surface area contributed by atoms with Crippen molar-refractivity contribution in [1.82, 2.24) is 19.8 Å². The molecule has 2 atom stereocenters. The molecule has 0 N–H and O–H groups in total. The molecule has 0 radical (unpaired) electrons. The quantitative estimate of drug-likeness (QED) is 0.713. The lowest BCUT2D eigenvalue weighted by atomic mass is 9.89. The molecule has 1 aromatic heterocycles. The van der Waals surface area contributed by atoms with Crippen LogP contribution in [0, 0.1) is 5.92 Å². The molecule has 2 saturated heterocycles. The predicted octanol–water partition coefficient (Wildman–Crippen LogP) is 1.39. The first-order chi connectivity index (χ1) is 13.3. The molecule has 0 aromatic carbocycles. The summed E-state index contributed by atoms with van der Waals surface area (Å²) in [5.41, 5.74) is 1.15. The highest BCUT2D eigenvalue weighted by Crippen LogP contribution is 2.38. The molecule has 0 spiro atoms. The fraction of sp³-hybridized carbons (Fsp3) is 0.650. The highest BCUT2D eigenvalue weighted by atomic mass is 16.6. The first-order valence-corrected chi connectivity index (χ1v) is 9.89. The van der Waals surface area contributed by atoms with Crippen molar-refractivity contribution in [2.45, 2.75) is 64.6 Å². The maximum atomic E-state index is 13.2. The number of hydrogen-bond donors (Lipinski definition) is 0. The van der Waals surface area contributed by atoms with Gasteiger partial charge in [-0.3, -0.25) is 14.4 Å². The minimum Gasteiger partial charge on any atom is -0.459 e. The largest absolute Gasteiger partial charge is 0.459 e. The van der Waals surface area contributed by atoms with Gasteiger partial charge in [0.1, 0.15) is 5.60 Å². The summed E-state index contributed by atoms with van der Waals surface area (Å²) in [6, 6.07) is -0.171. The summed E-state index contributed by atoms with van der Waals surface area (Å²) in [7, 11) is 0. The Kier molecular flexibility index (Phi) is 4.59. The molecule has 8 heteroatoms. The van der Waals surface area contributed by atoms with Gasteiger partial charge in [-0.25, -0.2) is 9.97 Å². The van der Waals surface area contributed by atoms with Crippen LogP contribution in [0.25, 0.3) is 0 Å². The summed E-state index contributed by atoms with van der Waals surface area (Å²) >= 11 is 0. The van der Waals surface area contributed by atoms with Crippen molar-refractivity contribution in [3.8, 4) is 0 Å². The number of carbonyl (C=O) groups is 3. The van der Waals surface area contributed by atoms with Crippen LogP contribution in [0.2, 0.25) is 0 Å². The van der Waals surface area contributed by atoms with E-state index in [-0.39, 0.29) is 30.2 Å². The molecule has 2 amide bonds. The van der Waals surface area contributed by atoms with Gasteiger partial charge in [-0.15, -0.1) is 0 Å². The SMILES string of the molecule is CC(=O)N1CCc2nc([C@@H]3CCCN3C(=O)[C@H]3CC(=O)OC3(C)C)ncc2C1. The summed E-state index contributed by atoms with van der Waals surface area (Å²) in [6.07, 6.45) is 4.31. The van der Waals surface area contributed by atoms with Crippen LogP contribution in [-0.4, -0.2) is 56.2 Å². The number of cyclic esters (lactones) is 1. The van der Waals surface area contributed by atoms with E-state index >= 15 is 0 Å². The van der Waals surface area contributed by atoms with Gasteiger partial charge in [0.25, 0.3) is 0 Å². The predicted molar refractivity (Wildman–Crippen MR) is 98.8 cm³/mol. The molecule has 0 unspecified atom stereocenters. The number of amides is 2. The van der Waals surface area contributed by atoms with Crippen molar-refractivity contribution in [3.63, 3.8) is 0 Å². The van der Waals surface area contributed by atoms with Crippen molar-refractivity contribution in [2.75, 3.05) is 13.1 Å². The molecule has 8 nitrogen and oxygen atoms in total. The third kappa shape index (κ3) is 3.25. The van der Waals surface area contributed by atoms with E-state index in [0.29, 0.717) is 31.9 Å². The molecule has 0 bridgehead atoms. The number of esters is 1. The van der Waals surface area contributed by atoms with E-state index < -0.39 is 11.5 Å². The number of aromatic nitrogens is 2. The number of carbonyl (C=O) groups excluding carboxylic acids is 3. The van der Waals surface area contributed by atoms with Crippen LogP contribution < -0.4 is 0 Å². The van der Waals surface area contributed by atoms with E-state index in [4.69, 9.17) is 9.72 Å². The Bertz CT molecular complexity index is 837. The van der Waals surface area contributed by atoms with Crippen LogP contribution in [0.15, 0.2) is 6.20 Å². The van der Waals surface area contributed by atoms with Gasteiger partial charge in [0, 0.05) is 44.7 Å². The molecule has 4 rings (SSSR count). The lowest BCUT2D eigenvalue weighted by Crippen LogP contribution is -2.43. The maximum absolute atomic E-state index is 13.2. The molecule has 0 saturated carbocycles. The van der Waals surface area contributed by atoms with E-state index in [1.54, 1.807) is 31.9 Å². The zero-order chi connectivity index (χ0) is 20.1. The molecule has 4 heterocycles. The van der Waals surface area contributed by atoms with Crippen molar-refractivity contribution < 1.29 is 19.1 Å². The monoisotopic (exact) mass is 386 g/mol.